The molecule has 28 heavy (non-hydrogen) atoms. The third-order valence-electron chi connectivity index (χ3n) is 5.98. The third-order valence-corrected chi connectivity index (χ3v) is 5.98. The van der Waals surface area contributed by atoms with Gasteiger partial charge in [0.25, 0.3) is 0 Å². The first-order chi connectivity index (χ1) is 13.3. The fourth-order valence-corrected chi connectivity index (χ4v) is 4.54. The van der Waals surface area contributed by atoms with Gasteiger partial charge in [-0.25, -0.2) is 4.99 Å². The average molecular weight is 494 g/mol. The van der Waals surface area contributed by atoms with E-state index in [1.54, 1.807) is 0 Å². The van der Waals surface area contributed by atoms with Gasteiger partial charge < -0.3 is 15.2 Å². The predicted octanol–water partition coefficient (Wildman–Crippen LogP) is 3.38. The third kappa shape index (κ3) is 5.24. The molecular formula is C21H31IN6. The van der Waals surface area contributed by atoms with Crippen molar-refractivity contribution < 1.29 is 0 Å². The van der Waals surface area contributed by atoms with Gasteiger partial charge in [-0.3, -0.25) is 0 Å². The van der Waals surface area contributed by atoms with Crippen LogP contribution in [0.5, 0.6) is 0 Å². The fourth-order valence-electron chi connectivity index (χ4n) is 4.54. The molecule has 2 saturated carbocycles. The molecule has 152 valence electrons. The molecule has 0 spiro atoms. The Morgan fingerprint density at radius 1 is 1.21 bits per heavy atom. The normalized spacial score (nSPS) is 23.5. The van der Waals surface area contributed by atoms with Crippen molar-refractivity contribution >= 4 is 29.9 Å². The SMILES string of the molecule is CCc1nncn1CCNC(=NCc1ccccc1)NC1CC2CCC1C2.I. The molecule has 2 fully saturated rings. The molecule has 0 saturated heterocycles. The van der Waals surface area contributed by atoms with Gasteiger partial charge in [0.2, 0.25) is 0 Å². The summed E-state index contributed by atoms with van der Waals surface area (Å²) in [7, 11) is 0. The monoisotopic (exact) mass is 494 g/mol. The zero-order valence-electron chi connectivity index (χ0n) is 16.6. The lowest BCUT2D eigenvalue weighted by Crippen LogP contribution is -2.46. The summed E-state index contributed by atoms with van der Waals surface area (Å²) in [5, 5.41) is 15.4. The number of halogens is 1. The van der Waals surface area contributed by atoms with Crippen LogP contribution in [-0.4, -0.2) is 33.3 Å². The number of nitrogens with one attached hydrogen (secondary N) is 2. The van der Waals surface area contributed by atoms with Gasteiger partial charge in [0.15, 0.2) is 5.96 Å². The molecule has 0 aliphatic heterocycles. The quantitative estimate of drug-likeness (QED) is 0.352. The largest absolute Gasteiger partial charge is 0.355 e. The minimum atomic E-state index is 0. The smallest absolute Gasteiger partial charge is 0.191 e. The number of fused-ring (bicyclic) bond motifs is 2. The molecule has 3 atom stereocenters. The van der Waals surface area contributed by atoms with Crippen molar-refractivity contribution in [2.45, 2.75) is 58.2 Å². The summed E-state index contributed by atoms with van der Waals surface area (Å²) in [6.45, 7) is 4.46. The van der Waals surface area contributed by atoms with E-state index in [9.17, 15) is 0 Å². The first-order valence-electron chi connectivity index (χ1n) is 10.3. The first kappa shape index (κ1) is 21.1. The number of aromatic nitrogens is 3. The van der Waals surface area contributed by atoms with Gasteiger partial charge in [-0.2, -0.15) is 0 Å². The van der Waals surface area contributed by atoms with E-state index in [0.29, 0.717) is 12.6 Å². The Morgan fingerprint density at radius 3 is 2.79 bits per heavy atom. The Labute approximate surface area is 184 Å². The number of nitrogens with zero attached hydrogens (tertiary/aromatic N) is 4. The van der Waals surface area contributed by atoms with Crippen molar-refractivity contribution in [1.29, 1.82) is 0 Å². The van der Waals surface area contributed by atoms with E-state index in [-0.39, 0.29) is 24.0 Å². The van der Waals surface area contributed by atoms with Crippen LogP contribution >= 0.6 is 24.0 Å². The number of rotatable bonds is 7. The molecule has 7 heteroatoms. The maximum atomic E-state index is 4.86. The minimum Gasteiger partial charge on any atom is -0.355 e. The van der Waals surface area contributed by atoms with Crippen LogP contribution in [0.1, 0.15) is 44.0 Å². The first-order valence-corrected chi connectivity index (χ1v) is 10.3. The molecule has 1 aromatic carbocycles. The highest BCUT2D eigenvalue weighted by Crippen LogP contribution is 2.44. The number of hydrogen-bond acceptors (Lipinski definition) is 3. The lowest BCUT2D eigenvalue weighted by atomic mass is 9.95. The highest BCUT2D eigenvalue weighted by atomic mass is 127. The van der Waals surface area contributed by atoms with E-state index in [0.717, 1.165) is 43.1 Å². The molecule has 2 aliphatic rings. The Balaban J connectivity index is 0.00000225. The summed E-state index contributed by atoms with van der Waals surface area (Å²) in [5.74, 6) is 3.71. The van der Waals surface area contributed by atoms with Crippen molar-refractivity contribution in [3.63, 3.8) is 0 Å². The fraction of sp³-hybridized carbons (Fsp3) is 0.571. The minimum absolute atomic E-state index is 0. The van der Waals surface area contributed by atoms with Crippen LogP contribution in [0.25, 0.3) is 0 Å². The lowest BCUT2D eigenvalue weighted by Gasteiger charge is -2.25. The predicted molar refractivity (Wildman–Crippen MR) is 123 cm³/mol. The zero-order valence-corrected chi connectivity index (χ0v) is 18.9. The molecule has 1 aromatic heterocycles. The highest BCUT2D eigenvalue weighted by molar-refractivity contribution is 14.0. The molecule has 2 aliphatic carbocycles. The van der Waals surface area contributed by atoms with Crippen LogP contribution in [0.15, 0.2) is 41.7 Å². The molecule has 2 bridgehead atoms. The molecule has 4 rings (SSSR count). The van der Waals surface area contributed by atoms with E-state index in [1.165, 1.54) is 31.2 Å². The number of benzene rings is 1. The van der Waals surface area contributed by atoms with Crippen LogP contribution in [0.4, 0.5) is 0 Å². The van der Waals surface area contributed by atoms with E-state index in [4.69, 9.17) is 4.99 Å². The number of guanidine groups is 1. The van der Waals surface area contributed by atoms with Crippen LogP contribution in [0.2, 0.25) is 0 Å². The van der Waals surface area contributed by atoms with Crippen LogP contribution in [0.3, 0.4) is 0 Å². The molecule has 6 nitrogen and oxygen atoms in total. The molecule has 0 amide bonds. The second-order valence-electron chi connectivity index (χ2n) is 7.80. The number of hydrogen-bond donors (Lipinski definition) is 2. The second-order valence-corrected chi connectivity index (χ2v) is 7.80. The van der Waals surface area contributed by atoms with E-state index < -0.39 is 0 Å². The maximum Gasteiger partial charge on any atom is 0.191 e. The lowest BCUT2D eigenvalue weighted by molar-refractivity contribution is 0.387. The number of aryl methyl sites for hydroxylation is 1. The van der Waals surface area contributed by atoms with Crippen LogP contribution < -0.4 is 10.6 Å². The molecule has 0 radical (unpaired) electrons. The molecule has 1 heterocycles. The van der Waals surface area contributed by atoms with Crippen molar-refractivity contribution in [3.05, 3.63) is 48.0 Å². The summed E-state index contributed by atoms with van der Waals surface area (Å²) in [4.78, 5) is 4.86. The Bertz CT molecular complexity index is 759. The van der Waals surface area contributed by atoms with Gasteiger partial charge in [-0.1, -0.05) is 43.7 Å². The Morgan fingerprint density at radius 2 is 2.07 bits per heavy atom. The van der Waals surface area contributed by atoms with E-state index in [1.807, 2.05) is 12.4 Å². The summed E-state index contributed by atoms with van der Waals surface area (Å²) in [6, 6.07) is 11.0. The summed E-state index contributed by atoms with van der Waals surface area (Å²) in [5.41, 5.74) is 1.23. The Kier molecular flexibility index (Phi) is 7.70. The van der Waals surface area contributed by atoms with E-state index >= 15 is 0 Å². The van der Waals surface area contributed by atoms with Gasteiger partial charge in [0, 0.05) is 25.6 Å². The molecular weight excluding hydrogens is 463 g/mol. The highest BCUT2D eigenvalue weighted by Gasteiger charge is 2.39. The van der Waals surface area contributed by atoms with Crippen LogP contribution in [0, 0.1) is 11.8 Å². The van der Waals surface area contributed by atoms with Crippen molar-refractivity contribution in [3.8, 4) is 0 Å². The molecule has 2 aromatic rings. The van der Waals surface area contributed by atoms with Gasteiger partial charge in [-0.15, -0.1) is 34.2 Å². The Hall–Kier alpha value is -1.64. The molecule has 2 N–H and O–H groups in total. The van der Waals surface area contributed by atoms with Gasteiger partial charge in [-0.05, 0) is 36.7 Å². The molecule has 3 unspecified atom stereocenters. The van der Waals surface area contributed by atoms with E-state index in [2.05, 4.69) is 56.6 Å². The van der Waals surface area contributed by atoms with Crippen LogP contribution in [-0.2, 0) is 19.5 Å². The number of aliphatic imine (C=N–C) groups is 1. The summed E-state index contributed by atoms with van der Waals surface area (Å²) in [6.07, 6.45) is 8.18. The standard InChI is InChI=1S/C21H30N6.HI/c1-2-20-26-24-15-27(20)11-10-22-21(23-14-16-6-4-3-5-7-16)25-19-13-17-8-9-18(19)12-17;/h3-7,15,17-19H,2,8-14H2,1H3,(H2,22,23,25);1H. The van der Waals surface area contributed by atoms with Gasteiger partial charge >= 0.3 is 0 Å². The van der Waals surface area contributed by atoms with Crippen molar-refractivity contribution in [2.75, 3.05) is 6.54 Å². The second kappa shape index (κ2) is 10.2. The van der Waals surface area contributed by atoms with Crippen molar-refractivity contribution in [1.82, 2.24) is 25.4 Å². The summed E-state index contributed by atoms with van der Waals surface area (Å²) < 4.78 is 2.11. The summed E-state index contributed by atoms with van der Waals surface area (Å²) >= 11 is 0. The van der Waals surface area contributed by atoms with Gasteiger partial charge in [0.1, 0.15) is 12.2 Å². The average Bonchev–Trinajstić information content (AvgIpc) is 3.43. The topological polar surface area (TPSA) is 67.1 Å². The maximum absolute atomic E-state index is 4.86. The zero-order chi connectivity index (χ0) is 18.5. The van der Waals surface area contributed by atoms with Gasteiger partial charge in [0.05, 0.1) is 6.54 Å². The van der Waals surface area contributed by atoms with Crippen molar-refractivity contribution in [2.24, 2.45) is 16.8 Å².